The number of ether oxygens (including phenoxy) is 1. The molecule has 1 N–H and O–H groups in total. The van der Waals surface area contributed by atoms with Crippen LogP contribution in [0.1, 0.15) is 28.9 Å². The quantitative estimate of drug-likeness (QED) is 0.898. The Kier molecular flexibility index (Phi) is 5.26. The number of hydrogen-bond donors (Lipinski definition) is 1. The molecule has 23 heavy (non-hydrogen) atoms. The molecule has 6 heteroatoms. The number of piperidine rings is 1. The summed E-state index contributed by atoms with van der Waals surface area (Å²) < 4.78 is 5.94. The van der Waals surface area contributed by atoms with Crippen LogP contribution in [0.5, 0.6) is 0 Å². The van der Waals surface area contributed by atoms with Crippen molar-refractivity contribution in [3.05, 3.63) is 57.8 Å². The van der Waals surface area contributed by atoms with E-state index in [0.717, 1.165) is 12.8 Å². The van der Waals surface area contributed by atoms with Gasteiger partial charge in [-0.3, -0.25) is 4.79 Å². The molecule has 0 bridgehead atoms. The number of rotatable bonds is 4. The molecule has 2 heterocycles. The maximum absolute atomic E-state index is 12.4. The lowest BCUT2D eigenvalue weighted by molar-refractivity contribution is -0.000493. The van der Waals surface area contributed by atoms with Crippen molar-refractivity contribution in [1.82, 2.24) is 9.88 Å². The zero-order valence-corrected chi connectivity index (χ0v) is 14.1. The largest absolute Gasteiger partial charge is 0.373 e. The second-order valence-corrected chi connectivity index (χ2v) is 6.42. The summed E-state index contributed by atoms with van der Waals surface area (Å²) in [5, 5.41) is 0.673. The molecular formula is C17H18Cl2N2O2. The van der Waals surface area contributed by atoms with E-state index in [-0.39, 0.29) is 12.0 Å². The predicted octanol–water partition coefficient (Wildman–Crippen LogP) is 4.14. The zero-order valence-electron chi connectivity index (χ0n) is 12.6. The van der Waals surface area contributed by atoms with Crippen LogP contribution in [0.15, 0.2) is 36.4 Å². The van der Waals surface area contributed by atoms with Crippen molar-refractivity contribution < 1.29 is 9.53 Å². The van der Waals surface area contributed by atoms with Crippen LogP contribution < -0.4 is 0 Å². The van der Waals surface area contributed by atoms with Crippen molar-refractivity contribution in [3.63, 3.8) is 0 Å². The van der Waals surface area contributed by atoms with E-state index in [4.69, 9.17) is 27.9 Å². The van der Waals surface area contributed by atoms with Crippen molar-refractivity contribution in [2.24, 2.45) is 0 Å². The van der Waals surface area contributed by atoms with Crippen molar-refractivity contribution in [2.75, 3.05) is 13.1 Å². The number of halogens is 2. The van der Waals surface area contributed by atoms with Crippen LogP contribution >= 0.6 is 23.2 Å². The fourth-order valence-electron chi connectivity index (χ4n) is 2.70. The fraction of sp³-hybridized carbons (Fsp3) is 0.353. The number of nitrogens with zero attached hydrogens (tertiary/aromatic N) is 1. The number of likely N-dealkylation sites (tertiary alicyclic amines) is 1. The molecule has 4 nitrogen and oxygen atoms in total. The summed E-state index contributed by atoms with van der Waals surface area (Å²) >= 11 is 11.7. The van der Waals surface area contributed by atoms with Crippen molar-refractivity contribution in [2.45, 2.75) is 25.6 Å². The zero-order chi connectivity index (χ0) is 16.2. The molecule has 122 valence electrons. The van der Waals surface area contributed by atoms with Gasteiger partial charge in [0.1, 0.15) is 10.8 Å². The highest BCUT2D eigenvalue weighted by molar-refractivity contribution is 6.41. The van der Waals surface area contributed by atoms with Gasteiger partial charge < -0.3 is 14.6 Å². The maximum Gasteiger partial charge on any atom is 0.270 e. The van der Waals surface area contributed by atoms with Gasteiger partial charge in [-0.1, -0.05) is 53.5 Å². The summed E-state index contributed by atoms with van der Waals surface area (Å²) in [5.41, 5.74) is 1.60. The second-order valence-electron chi connectivity index (χ2n) is 5.63. The van der Waals surface area contributed by atoms with Crippen LogP contribution in [-0.4, -0.2) is 35.0 Å². The van der Waals surface area contributed by atoms with Gasteiger partial charge in [-0.25, -0.2) is 0 Å². The van der Waals surface area contributed by atoms with Gasteiger partial charge in [-0.15, -0.1) is 0 Å². The summed E-state index contributed by atoms with van der Waals surface area (Å²) in [6.45, 7) is 1.96. The molecule has 0 aliphatic carbocycles. The molecule has 1 aromatic heterocycles. The number of H-pyrrole nitrogens is 1. The van der Waals surface area contributed by atoms with Gasteiger partial charge in [0.25, 0.3) is 5.91 Å². The monoisotopic (exact) mass is 352 g/mol. The molecule has 3 rings (SSSR count). The average Bonchev–Trinajstić information content (AvgIpc) is 2.93. The molecule has 0 atom stereocenters. The standard InChI is InChI=1S/C17H18Cl2N2O2/c18-14-10-15(20-16(14)19)17(22)21-8-6-13(7-9-21)23-11-12-4-2-1-3-5-12/h1-5,10,13,20H,6-9,11H2. The number of aromatic amines is 1. The van der Waals surface area contributed by atoms with Crippen molar-refractivity contribution in [1.29, 1.82) is 0 Å². The number of carbonyl (C=O) groups is 1. The van der Waals surface area contributed by atoms with Gasteiger partial charge in [0.05, 0.1) is 17.7 Å². The first-order valence-corrected chi connectivity index (χ1v) is 8.38. The summed E-state index contributed by atoms with van der Waals surface area (Å²) in [6, 6.07) is 11.7. The molecule has 1 saturated heterocycles. The minimum Gasteiger partial charge on any atom is -0.373 e. The Balaban J connectivity index is 1.49. The summed E-state index contributed by atoms with van der Waals surface area (Å²) in [6.07, 6.45) is 1.86. The third-order valence-electron chi connectivity index (χ3n) is 4.01. The summed E-state index contributed by atoms with van der Waals surface area (Å²) in [5.74, 6) is -0.0692. The molecular weight excluding hydrogens is 335 g/mol. The normalized spacial score (nSPS) is 15.8. The van der Waals surface area contributed by atoms with Gasteiger partial charge >= 0.3 is 0 Å². The van der Waals surface area contributed by atoms with Gasteiger partial charge in [-0.05, 0) is 24.5 Å². The van der Waals surface area contributed by atoms with E-state index in [2.05, 4.69) is 17.1 Å². The number of carbonyl (C=O) groups excluding carboxylic acids is 1. The van der Waals surface area contributed by atoms with Crippen molar-refractivity contribution in [3.8, 4) is 0 Å². The third-order valence-corrected chi connectivity index (χ3v) is 4.71. The predicted molar refractivity (Wildman–Crippen MR) is 91.0 cm³/mol. The highest BCUT2D eigenvalue weighted by Gasteiger charge is 2.25. The first kappa shape index (κ1) is 16.4. The Morgan fingerprint density at radius 1 is 1.22 bits per heavy atom. The highest BCUT2D eigenvalue weighted by atomic mass is 35.5. The van der Waals surface area contributed by atoms with E-state index < -0.39 is 0 Å². The molecule has 1 amide bonds. The highest BCUT2D eigenvalue weighted by Crippen LogP contribution is 2.24. The average molecular weight is 353 g/mol. The minimum atomic E-state index is -0.0692. The van der Waals surface area contributed by atoms with Crippen LogP contribution in [-0.2, 0) is 11.3 Å². The van der Waals surface area contributed by atoms with Crippen molar-refractivity contribution >= 4 is 29.1 Å². The molecule has 1 aromatic carbocycles. The van der Waals surface area contributed by atoms with Crippen LogP contribution in [0.2, 0.25) is 10.2 Å². The molecule has 1 aliphatic rings. The molecule has 0 saturated carbocycles. The van der Waals surface area contributed by atoms with E-state index in [0.29, 0.717) is 35.6 Å². The molecule has 1 aliphatic heterocycles. The fourth-order valence-corrected chi connectivity index (χ4v) is 3.02. The number of nitrogens with one attached hydrogen (secondary N) is 1. The molecule has 0 unspecified atom stereocenters. The summed E-state index contributed by atoms with van der Waals surface area (Å²) in [7, 11) is 0. The Hall–Kier alpha value is -1.49. The Bertz CT molecular complexity index is 645. The van der Waals surface area contributed by atoms with Crippen LogP contribution in [0.4, 0.5) is 0 Å². The van der Waals surface area contributed by atoms with E-state index >= 15 is 0 Å². The Morgan fingerprint density at radius 3 is 2.52 bits per heavy atom. The van der Waals surface area contributed by atoms with Gasteiger partial charge in [0.2, 0.25) is 0 Å². The second kappa shape index (κ2) is 7.39. The first-order valence-electron chi connectivity index (χ1n) is 7.62. The van der Waals surface area contributed by atoms with E-state index in [1.807, 2.05) is 18.2 Å². The summed E-state index contributed by atoms with van der Waals surface area (Å²) in [4.78, 5) is 17.0. The van der Waals surface area contributed by atoms with Gasteiger partial charge in [-0.2, -0.15) is 0 Å². The van der Waals surface area contributed by atoms with Gasteiger partial charge in [0.15, 0.2) is 0 Å². The van der Waals surface area contributed by atoms with E-state index in [1.165, 1.54) is 5.56 Å². The Morgan fingerprint density at radius 2 is 1.91 bits per heavy atom. The lowest BCUT2D eigenvalue weighted by Gasteiger charge is -2.31. The lowest BCUT2D eigenvalue weighted by Crippen LogP contribution is -2.41. The lowest BCUT2D eigenvalue weighted by atomic mass is 10.1. The Labute approximate surface area is 145 Å². The number of aromatic nitrogens is 1. The SMILES string of the molecule is O=C(c1cc(Cl)c(Cl)[nH]1)N1CCC(OCc2ccccc2)CC1. The van der Waals surface area contributed by atoms with Gasteiger partial charge in [0, 0.05) is 13.1 Å². The molecule has 2 aromatic rings. The number of benzene rings is 1. The molecule has 0 radical (unpaired) electrons. The first-order chi connectivity index (χ1) is 11.1. The van der Waals surface area contributed by atoms with Crippen LogP contribution in [0, 0.1) is 0 Å². The molecule has 1 fully saturated rings. The smallest absolute Gasteiger partial charge is 0.270 e. The minimum absolute atomic E-state index is 0.0692. The number of hydrogen-bond acceptors (Lipinski definition) is 2. The molecule has 0 spiro atoms. The van der Waals surface area contributed by atoms with E-state index in [1.54, 1.807) is 11.0 Å². The third kappa shape index (κ3) is 4.08. The topological polar surface area (TPSA) is 45.3 Å². The van der Waals surface area contributed by atoms with Crippen LogP contribution in [0.25, 0.3) is 0 Å². The van der Waals surface area contributed by atoms with E-state index in [9.17, 15) is 4.79 Å². The maximum atomic E-state index is 12.4. The number of amides is 1. The van der Waals surface area contributed by atoms with Crippen LogP contribution in [0.3, 0.4) is 0 Å².